The summed E-state index contributed by atoms with van der Waals surface area (Å²) in [5, 5.41) is 68.8. The van der Waals surface area contributed by atoms with E-state index in [-0.39, 0.29) is 37.7 Å². The van der Waals surface area contributed by atoms with E-state index in [1.807, 2.05) is 36.4 Å². The first-order valence-electron chi connectivity index (χ1n) is 13.4. The minimum absolute atomic E-state index is 0. The van der Waals surface area contributed by atoms with E-state index in [0.717, 1.165) is 59.8 Å². The zero-order chi connectivity index (χ0) is 35.9. The standard InChI is InChI=1S/C24H26N8.C2H3N.Ho.3NO3/c1-5-15-17(7-3)29-31-23(27-15)21-13-9-11-19(25-21)20-12-10-14-22(26-20)24-28-16(6-2)18(8-4)30-32-24;1-2-3;;3*2-1(3)4/h9-14H,5-8H2,1-4H3;1H3;;;;/q;;+3;3*-1. The molecule has 0 spiro atoms. The molecule has 0 aliphatic rings. The molecule has 4 rings (SSSR count). The molecule has 4 aromatic heterocycles. The van der Waals surface area contributed by atoms with Gasteiger partial charge in [0.05, 0.1) is 55.5 Å². The van der Waals surface area contributed by atoms with Crippen molar-refractivity contribution in [2.45, 2.75) is 60.3 Å². The van der Waals surface area contributed by atoms with Crippen LogP contribution in [0.2, 0.25) is 0 Å². The van der Waals surface area contributed by atoms with Gasteiger partial charge in [0.1, 0.15) is 11.4 Å². The largest absolute Gasteiger partial charge is 3.00 e. The monoisotopic (exact) mass is 818 g/mol. The second kappa shape index (κ2) is 24.8. The van der Waals surface area contributed by atoms with Crippen molar-refractivity contribution in [3.63, 3.8) is 0 Å². The molecule has 48 heavy (non-hydrogen) atoms. The molecule has 0 bridgehead atoms. The summed E-state index contributed by atoms with van der Waals surface area (Å²) in [7, 11) is 0. The van der Waals surface area contributed by atoms with Crippen LogP contribution in [0.5, 0.6) is 0 Å². The molecular weight excluding hydrogens is 789 g/mol. The molecule has 0 saturated heterocycles. The summed E-state index contributed by atoms with van der Waals surface area (Å²) in [5.41, 5.74) is 6.54. The van der Waals surface area contributed by atoms with Crippen LogP contribution in [-0.2, 0) is 25.7 Å². The molecule has 0 aromatic carbocycles. The maximum atomic E-state index is 8.25. The van der Waals surface area contributed by atoms with Crippen LogP contribution in [0, 0.1) is 95.0 Å². The maximum absolute atomic E-state index is 8.25. The first kappa shape index (κ1) is 44.8. The molecule has 4 heterocycles. The Hall–Kier alpha value is -5.33. The fourth-order valence-corrected chi connectivity index (χ4v) is 3.50. The van der Waals surface area contributed by atoms with Gasteiger partial charge in [0.25, 0.3) is 0 Å². The van der Waals surface area contributed by atoms with Gasteiger partial charge in [-0.1, -0.05) is 39.8 Å². The number of pyridine rings is 2. The number of nitriles is 1. The number of nitrogens with zero attached hydrogens (tertiary/aromatic N) is 12. The van der Waals surface area contributed by atoms with Gasteiger partial charge in [0, 0.05) is 6.92 Å². The van der Waals surface area contributed by atoms with E-state index >= 15 is 0 Å². The summed E-state index contributed by atoms with van der Waals surface area (Å²) in [6.07, 6.45) is 3.23. The van der Waals surface area contributed by atoms with Crippen molar-refractivity contribution in [1.82, 2.24) is 40.3 Å². The van der Waals surface area contributed by atoms with Crippen molar-refractivity contribution in [1.29, 1.82) is 5.26 Å². The summed E-state index contributed by atoms with van der Waals surface area (Å²) in [5.74, 6) is 1.04. The van der Waals surface area contributed by atoms with E-state index in [0.29, 0.717) is 23.0 Å². The van der Waals surface area contributed by atoms with Gasteiger partial charge in [-0.05, 0) is 49.9 Å². The molecule has 0 fully saturated rings. The summed E-state index contributed by atoms with van der Waals surface area (Å²) in [4.78, 5) is 43.6. The maximum Gasteiger partial charge on any atom is 3.00 e. The van der Waals surface area contributed by atoms with E-state index in [4.69, 9.17) is 61.2 Å². The van der Waals surface area contributed by atoms with Crippen LogP contribution < -0.4 is 0 Å². The number of aromatic nitrogens is 8. The van der Waals surface area contributed by atoms with Gasteiger partial charge in [-0.15, -0.1) is 10.2 Å². The van der Waals surface area contributed by atoms with Gasteiger partial charge in [-0.25, -0.2) is 19.9 Å². The van der Waals surface area contributed by atoms with Gasteiger partial charge in [-0.3, -0.25) is 0 Å². The van der Waals surface area contributed by atoms with Crippen LogP contribution in [0.1, 0.15) is 57.4 Å². The van der Waals surface area contributed by atoms with Crippen LogP contribution in [0.15, 0.2) is 36.4 Å². The van der Waals surface area contributed by atoms with E-state index in [9.17, 15) is 0 Å². The number of hydrogen-bond acceptors (Lipinski definition) is 18. The van der Waals surface area contributed by atoms with E-state index < -0.39 is 15.3 Å². The van der Waals surface area contributed by atoms with Gasteiger partial charge in [0.2, 0.25) is 11.6 Å². The third-order valence-electron chi connectivity index (χ3n) is 5.24. The molecule has 4 aromatic rings. The minimum atomic E-state index is -1.75. The molecule has 21 nitrogen and oxygen atoms in total. The van der Waals surface area contributed by atoms with Crippen molar-refractivity contribution in [2.24, 2.45) is 0 Å². The molecular formula is C26H29HoN12O9. The van der Waals surface area contributed by atoms with Gasteiger partial charge >= 0.3 is 37.7 Å². The minimum Gasteiger partial charge on any atom is -0.356 e. The zero-order valence-corrected chi connectivity index (χ0v) is 28.1. The first-order valence-corrected chi connectivity index (χ1v) is 13.4. The third kappa shape index (κ3) is 17.4. The summed E-state index contributed by atoms with van der Waals surface area (Å²) in [6, 6.07) is 13.2. The fraction of sp³-hybridized carbons (Fsp3) is 0.346. The molecule has 0 unspecified atom stereocenters. The molecule has 0 radical (unpaired) electrons. The molecule has 0 amide bonds. The van der Waals surface area contributed by atoms with Crippen molar-refractivity contribution in [3.05, 3.63) is 105 Å². The second-order valence-corrected chi connectivity index (χ2v) is 8.18. The molecule has 22 heteroatoms. The van der Waals surface area contributed by atoms with Gasteiger partial charge in [0.15, 0.2) is 0 Å². The average molecular weight is 819 g/mol. The quantitative estimate of drug-likeness (QED) is 0.145. The summed E-state index contributed by atoms with van der Waals surface area (Å²) >= 11 is 0. The molecule has 0 aliphatic carbocycles. The van der Waals surface area contributed by atoms with Crippen LogP contribution in [-0.4, -0.2) is 55.6 Å². The smallest absolute Gasteiger partial charge is 0.356 e. The number of aryl methyl sites for hydroxylation is 4. The average Bonchev–Trinajstić information content (AvgIpc) is 3.03. The molecule has 0 saturated carbocycles. The topological polar surface area (TPSA) is 326 Å². The van der Waals surface area contributed by atoms with E-state index in [2.05, 4.69) is 58.1 Å². The Morgan fingerprint density at radius 3 is 1.04 bits per heavy atom. The first-order chi connectivity index (χ1) is 22.3. The van der Waals surface area contributed by atoms with Crippen LogP contribution >= 0.6 is 0 Å². The Morgan fingerprint density at radius 2 is 0.792 bits per heavy atom. The molecule has 0 N–H and O–H groups in total. The van der Waals surface area contributed by atoms with Crippen molar-refractivity contribution in [2.75, 3.05) is 0 Å². The van der Waals surface area contributed by atoms with Crippen LogP contribution in [0.3, 0.4) is 0 Å². The zero-order valence-electron chi connectivity index (χ0n) is 26.1. The predicted octanol–water partition coefficient (Wildman–Crippen LogP) is 3.91. The van der Waals surface area contributed by atoms with Crippen molar-refractivity contribution >= 4 is 0 Å². The van der Waals surface area contributed by atoms with Crippen molar-refractivity contribution in [3.8, 4) is 40.5 Å². The van der Waals surface area contributed by atoms with Gasteiger partial charge < -0.3 is 46.0 Å². The van der Waals surface area contributed by atoms with Crippen LogP contribution in [0.4, 0.5) is 0 Å². The predicted molar refractivity (Wildman–Crippen MR) is 165 cm³/mol. The van der Waals surface area contributed by atoms with Crippen LogP contribution in [0.25, 0.3) is 34.4 Å². The number of hydrogen-bond donors (Lipinski definition) is 0. The Morgan fingerprint density at radius 1 is 0.542 bits per heavy atom. The fourth-order valence-electron chi connectivity index (χ4n) is 3.50. The second-order valence-electron chi connectivity index (χ2n) is 8.18. The summed E-state index contributed by atoms with van der Waals surface area (Å²) < 4.78 is 0. The Kier molecular flexibility index (Phi) is 23.2. The van der Waals surface area contributed by atoms with E-state index in [1.54, 1.807) is 6.07 Å². The third-order valence-corrected chi connectivity index (χ3v) is 5.24. The van der Waals surface area contributed by atoms with Gasteiger partial charge in [-0.2, -0.15) is 15.5 Å². The Labute approximate surface area is 303 Å². The normalized spacial score (nSPS) is 9.00. The Bertz CT molecular complexity index is 1520. The Balaban J connectivity index is 0. The number of rotatable bonds is 7. The summed E-state index contributed by atoms with van der Waals surface area (Å²) in [6.45, 7) is 9.68. The van der Waals surface area contributed by atoms with Crippen molar-refractivity contribution < 1.29 is 53.0 Å². The molecule has 0 aliphatic heterocycles. The molecule has 258 valence electrons. The molecule has 0 atom stereocenters. The SMILES string of the molecule is CC#N.CCc1nnc(-c2cccc(-c3cccc(-c4nnc(CC)c(CC)n4)n3)n2)nc1CC.O=[N+]([O-])[O-].O=[N+]([O-])[O-].O=[N+]([O-])[O-].[Ho+3]. The van der Waals surface area contributed by atoms with E-state index in [1.165, 1.54) is 6.92 Å².